The Morgan fingerprint density at radius 3 is 2.34 bits per heavy atom. The van der Waals surface area contributed by atoms with Gasteiger partial charge in [-0.2, -0.15) is 0 Å². The van der Waals surface area contributed by atoms with E-state index in [0.29, 0.717) is 28.5 Å². The van der Waals surface area contributed by atoms with E-state index in [-0.39, 0.29) is 43.8 Å². The van der Waals surface area contributed by atoms with Gasteiger partial charge in [0.1, 0.15) is 18.3 Å². The number of likely N-dealkylation sites (N-methyl/N-ethyl adjacent to an activating group) is 1. The van der Waals surface area contributed by atoms with Crippen molar-refractivity contribution < 1.29 is 38.5 Å². The molecule has 248 valence electrons. The molecule has 1 heterocycles. The zero-order valence-electron chi connectivity index (χ0n) is 26.6. The van der Waals surface area contributed by atoms with Gasteiger partial charge >= 0.3 is 5.97 Å². The fraction of sp³-hybridized carbons (Fsp3) is 0.444. The lowest BCUT2D eigenvalue weighted by Gasteiger charge is -2.31. The van der Waals surface area contributed by atoms with Gasteiger partial charge in [0.15, 0.2) is 5.79 Å². The SMILES string of the molecule is CN(C)C(=O)C=Cc1ccc(C(=O)OC2CC(C(=O)NCc3cccc(C(=O)NCCO)c3)=CC3OC(C4CC4)(C4CC4)OC32)cc1. The maximum atomic E-state index is 13.5. The van der Waals surface area contributed by atoms with E-state index in [1.165, 1.54) is 11.0 Å². The van der Waals surface area contributed by atoms with Crippen LogP contribution in [0.4, 0.5) is 0 Å². The Hall–Kier alpha value is -4.32. The fourth-order valence-corrected chi connectivity index (χ4v) is 6.21. The molecule has 3 atom stereocenters. The molecule has 2 saturated carbocycles. The maximum Gasteiger partial charge on any atom is 0.338 e. The first kappa shape index (κ1) is 32.6. The Kier molecular flexibility index (Phi) is 9.58. The minimum absolute atomic E-state index is 0.143. The van der Waals surface area contributed by atoms with Crippen LogP contribution in [0.15, 0.2) is 66.3 Å². The lowest BCUT2D eigenvalue weighted by atomic mass is 9.91. The van der Waals surface area contributed by atoms with Gasteiger partial charge in [0, 0.05) is 62.7 Å². The Balaban J connectivity index is 1.16. The van der Waals surface area contributed by atoms with Crippen LogP contribution in [-0.2, 0) is 30.3 Å². The molecule has 0 spiro atoms. The molecule has 2 aromatic rings. The second-order valence-electron chi connectivity index (χ2n) is 12.8. The van der Waals surface area contributed by atoms with Crippen molar-refractivity contribution in [3.8, 4) is 0 Å². The standard InChI is InChI=1S/C36H41N3O8/c1-39(2)31(41)15-8-22-6-9-24(10-7-22)35(44)45-29-19-26(20-30-32(29)47-36(46-30,27-11-12-27)28-13-14-28)34(43)38-21-23-4-3-5-25(18-23)33(42)37-16-17-40/h3-10,15,18,20,27-30,32,40H,11-14,16-17,19,21H2,1-2H3,(H,37,42)(H,38,43). The largest absolute Gasteiger partial charge is 0.456 e. The summed E-state index contributed by atoms with van der Waals surface area (Å²) in [6.45, 7) is 0.177. The van der Waals surface area contributed by atoms with E-state index in [4.69, 9.17) is 19.3 Å². The molecular formula is C36H41N3O8. The number of rotatable bonds is 12. The molecule has 4 aliphatic rings. The smallest absolute Gasteiger partial charge is 0.338 e. The van der Waals surface area contributed by atoms with Gasteiger partial charge in [-0.15, -0.1) is 0 Å². The molecule has 0 radical (unpaired) electrons. The summed E-state index contributed by atoms with van der Waals surface area (Å²) in [6.07, 6.45) is 7.39. The number of nitrogens with one attached hydrogen (secondary N) is 2. The summed E-state index contributed by atoms with van der Waals surface area (Å²) in [7, 11) is 3.35. The molecule has 0 aromatic heterocycles. The number of hydrogen-bond donors (Lipinski definition) is 3. The van der Waals surface area contributed by atoms with Crippen molar-refractivity contribution in [2.75, 3.05) is 27.2 Å². The second-order valence-corrected chi connectivity index (χ2v) is 12.8. The summed E-state index contributed by atoms with van der Waals surface area (Å²) in [5, 5.41) is 14.6. The minimum Gasteiger partial charge on any atom is -0.456 e. The number of benzene rings is 2. The molecule has 11 heteroatoms. The zero-order chi connectivity index (χ0) is 33.1. The quantitative estimate of drug-likeness (QED) is 0.237. The number of fused-ring (bicyclic) bond motifs is 1. The number of esters is 1. The molecule has 3 amide bonds. The van der Waals surface area contributed by atoms with Crippen LogP contribution in [-0.4, -0.2) is 85.0 Å². The van der Waals surface area contributed by atoms with E-state index in [1.54, 1.807) is 62.6 Å². The van der Waals surface area contributed by atoms with Crippen LogP contribution in [0.2, 0.25) is 0 Å². The van der Waals surface area contributed by atoms with Gasteiger partial charge < -0.3 is 34.9 Å². The first-order valence-electron chi connectivity index (χ1n) is 16.2. The van der Waals surface area contributed by atoms with E-state index in [9.17, 15) is 19.2 Å². The van der Waals surface area contributed by atoms with E-state index in [2.05, 4.69) is 10.6 Å². The number of nitrogens with zero attached hydrogens (tertiary/aromatic N) is 1. The summed E-state index contributed by atoms with van der Waals surface area (Å²) in [6, 6.07) is 13.7. The highest BCUT2D eigenvalue weighted by molar-refractivity contribution is 5.95. The summed E-state index contributed by atoms with van der Waals surface area (Å²) < 4.78 is 19.4. The van der Waals surface area contributed by atoms with Crippen molar-refractivity contribution >= 4 is 29.8 Å². The van der Waals surface area contributed by atoms with Gasteiger partial charge in [-0.05, 0) is 73.2 Å². The van der Waals surface area contributed by atoms with E-state index >= 15 is 0 Å². The maximum absolute atomic E-state index is 13.5. The van der Waals surface area contributed by atoms with Gasteiger partial charge in [0.05, 0.1) is 12.2 Å². The average molecular weight is 644 g/mol. The van der Waals surface area contributed by atoms with Gasteiger partial charge in [-0.25, -0.2) is 4.79 Å². The highest BCUT2D eigenvalue weighted by atomic mass is 16.8. The molecule has 3 fully saturated rings. The van der Waals surface area contributed by atoms with Crippen LogP contribution in [0.25, 0.3) is 6.08 Å². The van der Waals surface area contributed by atoms with E-state index in [1.807, 2.05) is 12.1 Å². The molecule has 1 aliphatic heterocycles. The van der Waals surface area contributed by atoms with Crippen molar-refractivity contribution in [2.45, 2.75) is 62.7 Å². The van der Waals surface area contributed by atoms with E-state index in [0.717, 1.165) is 36.8 Å². The summed E-state index contributed by atoms with van der Waals surface area (Å²) in [5.74, 6) is -1.43. The molecule has 3 aliphatic carbocycles. The molecule has 6 rings (SSSR count). The third-order valence-corrected chi connectivity index (χ3v) is 9.01. The van der Waals surface area contributed by atoms with Crippen LogP contribution < -0.4 is 10.6 Å². The van der Waals surface area contributed by atoms with Crippen LogP contribution in [0.1, 0.15) is 63.9 Å². The Labute approximate surface area is 273 Å². The monoisotopic (exact) mass is 643 g/mol. The molecule has 0 bridgehead atoms. The molecule has 3 N–H and O–H groups in total. The summed E-state index contributed by atoms with van der Waals surface area (Å²) in [4.78, 5) is 52.6. The number of carbonyl (C=O) groups is 4. The highest BCUT2D eigenvalue weighted by Gasteiger charge is 2.64. The number of carbonyl (C=O) groups excluding carboxylic acids is 4. The lowest BCUT2D eigenvalue weighted by molar-refractivity contribution is -0.209. The number of ether oxygens (including phenoxy) is 3. The molecule has 1 saturated heterocycles. The predicted molar refractivity (Wildman–Crippen MR) is 172 cm³/mol. The number of aliphatic hydroxyl groups excluding tert-OH is 1. The molecule has 11 nitrogen and oxygen atoms in total. The summed E-state index contributed by atoms with van der Waals surface area (Å²) >= 11 is 0. The normalized spacial score (nSPS) is 23.0. The van der Waals surface area contributed by atoms with Crippen molar-refractivity contribution in [3.05, 3.63) is 88.5 Å². The molecule has 47 heavy (non-hydrogen) atoms. The Morgan fingerprint density at radius 1 is 0.957 bits per heavy atom. The van der Waals surface area contributed by atoms with Crippen molar-refractivity contribution in [2.24, 2.45) is 11.8 Å². The first-order valence-corrected chi connectivity index (χ1v) is 16.2. The topological polar surface area (TPSA) is 144 Å². The van der Waals surface area contributed by atoms with Crippen molar-refractivity contribution in [1.29, 1.82) is 0 Å². The van der Waals surface area contributed by atoms with E-state index < -0.39 is 30.1 Å². The third kappa shape index (κ3) is 7.48. The number of aliphatic hydroxyl groups is 1. The van der Waals surface area contributed by atoms with Gasteiger partial charge in [0.2, 0.25) is 11.8 Å². The number of hydrogen-bond acceptors (Lipinski definition) is 8. The van der Waals surface area contributed by atoms with Crippen LogP contribution in [0.3, 0.4) is 0 Å². The van der Waals surface area contributed by atoms with Crippen LogP contribution in [0.5, 0.6) is 0 Å². The fourth-order valence-electron chi connectivity index (χ4n) is 6.21. The van der Waals surface area contributed by atoms with Gasteiger partial charge in [-0.1, -0.05) is 24.3 Å². The minimum atomic E-state index is -0.742. The second kappa shape index (κ2) is 13.8. The summed E-state index contributed by atoms with van der Waals surface area (Å²) in [5.41, 5.74) is 2.71. The van der Waals surface area contributed by atoms with Gasteiger partial charge in [0.25, 0.3) is 5.91 Å². The Morgan fingerprint density at radius 2 is 1.68 bits per heavy atom. The first-order chi connectivity index (χ1) is 22.7. The lowest BCUT2D eigenvalue weighted by Crippen LogP contribution is -2.44. The van der Waals surface area contributed by atoms with Crippen LogP contribution >= 0.6 is 0 Å². The number of amides is 3. The zero-order valence-corrected chi connectivity index (χ0v) is 26.6. The predicted octanol–water partition coefficient (Wildman–Crippen LogP) is 2.98. The van der Waals surface area contributed by atoms with Crippen molar-refractivity contribution in [1.82, 2.24) is 15.5 Å². The molecular weight excluding hydrogens is 602 g/mol. The average Bonchev–Trinajstić information content (AvgIpc) is 4.02. The molecule has 3 unspecified atom stereocenters. The van der Waals surface area contributed by atoms with Crippen molar-refractivity contribution in [3.63, 3.8) is 0 Å². The van der Waals surface area contributed by atoms with Gasteiger partial charge in [-0.3, -0.25) is 14.4 Å². The Bertz CT molecular complexity index is 1560. The highest BCUT2D eigenvalue weighted by Crippen LogP contribution is 2.59. The molecule has 2 aromatic carbocycles. The van der Waals surface area contributed by atoms with Crippen LogP contribution in [0, 0.1) is 11.8 Å². The third-order valence-electron chi connectivity index (χ3n) is 9.01.